The van der Waals surface area contributed by atoms with Crippen LogP contribution >= 0.6 is 0 Å². The van der Waals surface area contributed by atoms with Crippen LogP contribution in [0, 0.1) is 5.82 Å². The number of urea groups is 1. The van der Waals surface area contributed by atoms with Gasteiger partial charge in [0.25, 0.3) is 0 Å². The summed E-state index contributed by atoms with van der Waals surface area (Å²) in [6, 6.07) is 14.7. The smallest absolute Gasteiger partial charge is 0.317 e. The average Bonchev–Trinajstić information content (AvgIpc) is 2.70. The molecule has 5 nitrogen and oxygen atoms in total. The summed E-state index contributed by atoms with van der Waals surface area (Å²) in [7, 11) is 0. The van der Waals surface area contributed by atoms with E-state index in [1.165, 1.54) is 6.07 Å². The number of nitrogens with zero attached hydrogens (tertiary/aromatic N) is 2. The maximum absolute atomic E-state index is 13.6. The van der Waals surface area contributed by atoms with Gasteiger partial charge in [0.2, 0.25) is 0 Å². The van der Waals surface area contributed by atoms with Crippen molar-refractivity contribution >= 4 is 11.7 Å². The molecule has 0 spiro atoms. The maximum Gasteiger partial charge on any atom is 0.317 e. The monoisotopic (exact) mass is 385 g/mol. The highest BCUT2D eigenvalue weighted by Crippen LogP contribution is 2.21. The molecule has 3 rings (SSSR count). The lowest BCUT2D eigenvalue weighted by Gasteiger charge is -2.36. The second-order valence-corrected chi connectivity index (χ2v) is 7.21. The topological polar surface area (TPSA) is 44.8 Å². The van der Waals surface area contributed by atoms with Gasteiger partial charge in [-0.05, 0) is 56.2 Å². The summed E-state index contributed by atoms with van der Waals surface area (Å²) in [6.45, 7) is 7.34. The number of piperazine rings is 1. The summed E-state index contributed by atoms with van der Waals surface area (Å²) in [4.78, 5) is 16.4. The first-order chi connectivity index (χ1) is 13.5. The van der Waals surface area contributed by atoms with E-state index in [1.54, 1.807) is 18.2 Å². The zero-order chi connectivity index (χ0) is 19.9. The highest BCUT2D eigenvalue weighted by molar-refractivity contribution is 5.74. The third kappa shape index (κ3) is 5.38. The van der Waals surface area contributed by atoms with E-state index in [0.717, 1.165) is 24.5 Å². The predicted molar refractivity (Wildman–Crippen MR) is 109 cm³/mol. The highest BCUT2D eigenvalue weighted by atomic mass is 19.1. The van der Waals surface area contributed by atoms with Crippen LogP contribution in [0.5, 0.6) is 5.75 Å². The van der Waals surface area contributed by atoms with Gasteiger partial charge in [0, 0.05) is 38.4 Å². The van der Waals surface area contributed by atoms with Crippen molar-refractivity contribution in [3.8, 4) is 5.75 Å². The quantitative estimate of drug-likeness (QED) is 0.825. The molecule has 0 atom stereocenters. The number of halogens is 1. The molecule has 0 aromatic heterocycles. The molecule has 2 aromatic rings. The molecule has 0 radical (unpaired) electrons. The van der Waals surface area contributed by atoms with E-state index in [1.807, 2.05) is 30.9 Å². The Bertz CT molecular complexity index is 772. The van der Waals surface area contributed by atoms with Crippen molar-refractivity contribution in [3.63, 3.8) is 0 Å². The molecule has 0 saturated carbocycles. The van der Waals surface area contributed by atoms with Crippen molar-refractivity contribution < 1.29 is 13.9 Å². The summed E-state index contributed by atoms with van der Waals surface area (Å²) in [6.07, 6.45) is 0.648. The fourth-order valence-corrected chi connectivity index (χ4v) is 3.29. The van der Waals surface area contributed by atoms with Gasteiger partial charge in [-0.2, -0.15) is 0 Å². The van der Waals surface area contributed by atoms with Gasteiger partial charge in [-0.15, -0.1) is 0 Å². The minimum Gasteiger partial charge on any atom is -0.491 e. The Kier molecular flexibility index (Phi) is 6.74. The van der Waals surface area contributed by atoms with Crippen LogP contribution in [0.4, 0.5) is 14.9 Å². The van der Waals surface area contributed by atoms with E-state index in [4.69, 9.17) is 4.74 Å². The fraction of sp³-hybridized carbons (Fsp3) is 0.409. The van der Waals surface area contributed by atoms with E-state index in [9.17, 15) is 9.18 Å². The Hall–Kier alpha value is -2.76. The lowest BCUT2D eigenvalue weighted by atomic mass is 10.1. The Morgan fingerprint density at radius 1 is 1.07 bits per heavy atom. The second kappa shape index (κ2) is 9.44. The number of carbonyl (C=O) groups excluding carboxylic acids is 1. The standard InChI is InChI=1S/C22H28FN3O2/c1-17(2)28-20-9-7-19(8-10-20)25-13-15-26(16-14-25)22(27)24-12-11-18-5-3-4-6-21(18)23/h3-10,17H,11-16H2,1-2H3,(H,24,27). The van der Waals surface area contributed by atoms with Crippen molar-refractivity contribution in [3.05, 3.63) is 59.9 Å². The number of anilines is 1. The zero-order valence-electron chi connectivity index (χ0n) is 16.5. The fourth-order valence-electron chi connectivity index (χ4n) is 3.29. The molecule has 1 aliphatic rings. The van der Waals surface area contributed by atoms with Crippen molar-refractivity contribution in [2.75, 3.05) is 37.6 Å². The normalized spacial score (nSPS) is 14.3. The van der Waals surface area contributed by atoms with Crippen molar-refractivity contribution in [1.29, 1.82) is 0 Å². The molecule has 150 valence electrons. The number of hydrogen-bond acceptors (Lipinski definition) is 3. The number of nitrogens with one attached hydrogen (secondary N) is 1. The maximum atomic E-state index is 13.6. The molecule has 1 N–H and O–H groups in total. The van der Waals surface area contributed by atoms with Crippen LogP contribution in [0.2, 0.25) is 0 Å². The molecule has 1 saturated heterocycles. The molecule has 1 heterocycles. The molecule has 1 aliphatic heterocycles. The number of hydrogen-bond donors (Lipinski definition) is 1. The van der Waals surface area contributed by atoms with Gasteiger partial charge in [0.1, 0.15) is 11.6 Å². The third-order valence-electron chi connectivity index (χ3n) is 4.77. The lowest BCUT2D eigenvalue weighted by molar-refractivity contribution is 0.194. The Morgan fingerprint density at radius 2 is 1.75 bits per heavy atom. The Balaban J connectivity index is 1.43. The highest BCUT2D eigenvalue weighted by Gasteiger charge is 2.21. The van der Waals surface area contributed by atoms with Crippen LogP contribution in [0.1, 0.15) is 19.4 Å². The molecule has 2 aromatic carbocycles. The molecule has 1 fully saturated rings. The van der Waals surface area contributed by atoms with Crippen LogP contribution in [0.15, 0.2) is 48.5 Å². The van der Waals surface area contributed by atoms with Crippen LogP contribution in [-0.4, -0.2) is 49.8 Å². The first-order valence-corrected chi connectivity index (χ1v) is 9.81. The van der Waals surface area contributed by atoms with E-state index in [-0.39, 0.29) is 18.0 Å². The summed E-state index contributed by atoms with van der Waals surface area (Å²) in [5.74, 6) is 0.641. The van der Waals surface area contributed by atoms with Crippen LogP contribution in [0.3, 0.4) is 0 Å². The van der Waals surface area contributed by atoms with Crippen LogP contribution in [-0.2, 0) is 6.42 Å². The summed E-state index contributed by atoms with van der Waals surface area (Å²) >= 11 is 0. The molecular formula is C22H28FN3O2. The van der Waals surface area contributed by atoms with Crippen molar-refractivity contribution in [2.45, 2.75) is 26.4 Å². The van der Waals surface area contributed by atoms with Crippen molar-refractivity contribution in [1.82, 2.24) is 10.2 Å². The Labute approximate surface area is 166 Å². The predicted octanol–water partition coefficient (Wildman–Crippen LogP) is 3.69. The molecule has 6 heteroatoms. The minimum atomic E-state index is -0.227. The van der Waals surface area contributed by atoms with E-state index in [2.05, 4.69) is 22.3 Å². The number of benzene rings is 2. The SMILES string of the molecule is CC(C)Oc1ccc(N2CCN(C(=O)NCCc3ccccc3F)CC2)cc1. The molecule has 0 aliphatic carbocycles. The van der Waals surface area contributed by atoms with Gasteiger partial charge in [-0.1, -0.05) is 18.2 Å². The number of amides is 2. The summed E-state index contributed by atoms with van der Waals surface area (Å²) in [5.41, 5.74) is 1.76. The first-order valence-electron chi connectivity index (χ1n) is 9.81. The molecule has 0 unspecified atom stereocenters. The minimum absolute atomic E-state index is 0.0864. The van der Waals surface area contributed by atoms with E-state index >= 15 is 0 Å². The molecule has 0 bridgehead atoms. The number of carbonyl (C=O) groups is 1. The average molecular weight is 385 g/mol. The largest absolute Gasteiger partial charge is 0.491 e. The number of ether oxygens (including phenoxy) is 1. The van der Waals surface area contributed by atoms with Crippen LogP contribution in [0.25, 0.3) is 0 Å². The zero-order valence-corrected chi connectivity index (χ0v) is 16.5. The first kappa shape index (κ1) is 20.0. The van der Waals surface area contributed by atoms with Crippen LogP contribution < -0.4 is 15.0 Å². The molecular weight excluding hydrogens is 357 g/mol. The van der Waals surface area contributed by atoms with Crippen molar-refractivity contribution in [2.24, 2.45) is 0 Å². The molecule has 28 heavy (non-hydrogen) atoms. The van der Waals surface area contributed by atoms with Gasteiger partial charge in [0.15, 0.2) is 0 Å². The lowest BCUT2D eigenvalue weighted by Crippen LogP contribution is -2.52. The molecule has 2 amide bonds. The van der Waals surface area contributed by atoms with E-state index in [0.29, 0.717) is 31.6 Å². The van der Waals surface area contributed by atoms with Gasteiger partial charge in [-0.3, -0.25) is 0 Å². The van der Waals surface area contributed by atoms with Gasteiger partial charge < -0.3 is 19.9 Å². The summed E-state index contributed by atoms with van der Waals surface area (Å²) in [5, 5.41) is 2.89. The van der Waals surface area contributed by atoms with Gasteiger partial charge in [0.05, 0.1) is 6.10 Å². The van der Waals surface area contributed by atoms with E-state index < -0.39 is 0 Å². The van der Waals surface area contributed by atoms with Gasteiger partial charge in [-0.25, -0.2) is 9.18 Å². The Morgan fingerprint density at radius 3 is 2.39 bits per heavy atom. The number of rotatable bonds is 6. The van der Waals surface area contributed by atoms with Gasteiger partial charge >= 0.3 is 6.03 Å². The second-order valence-electron chi connectivity index (χ2n) is 7.21. The summed E-state index contributed by atoms with van der Waals surface area (Å²) < 4.78 is 19.3. The third-order valence-corrected chi connectivity index (χ3v) is 4.77.